The molecule has 0 spiro atoms. The molecule has 1 aliphatic carbocycles. The highest BCUT2D eigenvalue weighted by atomic mass is 79.9. The molecule has 3 aromatic rings. The molecule has 0 bridgehead atoms. The number of aromatic nitrogens is 1. The van der Waals surface area contributed by atoms with Crippen molar-refractivity contribution in [1.29, 1.82) is 0 Å². The van der Waals surface area contributed by atoms with E-state index in [-0.39, 0.29) is 16.8 Å². The Balaban J connectivity index is 1.58. The van der Waals surface area contributed by atoms with Crippen molar-refractivity contribution in [2.24, 2.45) is 0 Å². The average Bonchev–Trinajstić information content (AvgIpc) is 3.45. The third kappa shape index (κ3) is 4.35. The largest absolute Gasteiger partial charge is 0.322 e. The van der Waals surface area contributed by atoms with E-state index in [1.165, 1.54) is 12.1 Å². The molecule has 8 heteroatoms. The Morgan fingerprint density at radius 2 is 1.77 bits per heavy atom. The number of nitrogens with zero attached hydrogens (tertiary/aromatic N) is 1. The fourth-order valence-corrected chi connectivity index (χ4v) is 5.02. The summed E-state index contributed by atoms with van der Waals surface area (Å²) in [6, 6.07) is 16.0. The minimum absolute atomic E-state index is 0.0252. The Labute approximate surface area is 184 Å². The predicted molar refractivity (Wildman–Crippen MR) is 121 cm³/mol. The molecule has 0 aliphatic heterocycles. The first-order valence-electron chi connectivity index (χ1n) is 9.63. The van der Waals surface area contributed by atoms with Crippen molar-refractivity contribution < 1.29 is 13.2 Å². The van der Waals surface area contributed by atoms with Gasteiger partial charge in [-0.25, -0.2) is 13.1 Å². The molecule has 2 aromatic carbocycles. The van der Waals surface area contributed by atoms with Crippen molar-refractivity contribution in [3.8, 4) is 5.69 Å². The van der Waals surface area contributed by atoms with E-state index < -0.39 is 10.0 Å². The van der Waals surface area contributed by atoms with Gasteiger partial charge in [-0.3, -0.25) is 4.79 Å². The lowest BCUT2D eigenvalue weighted by Crippen LogP contribution is -2.25. The molecule has 0 saturated heterocycles. The highest BCUT2D eigenvalue weighted by Gasteiger charge is 2.28. The smallest absolute Gasteiger partial charge is 0.257 e. The van der Waals surface area contributed by atoms with Crippen LogP contribution >= 0.6 is 15.9 Å². The van der Waals surface area contributed by atoms with Gasteiger partial charge in [0.2, 0.25) is 10.0 Å². The van der Waals surface area contributed by atoms with E-state index in [1.807, 2.05) is 48.7 Å². The van der Waals surface area contributed by atoms with Crippen molar-refractivity contribution in [1.82, 2.24) is 9.29 Å². The number of hydrogen-bond acceptors (Lipinski definition) is 3. The van der Waals surface area contributed by atoms with Gasteiger partial charge in [0, 0.05) is 33.3 Å². The standard InChI is InChI=1S/C22H22BrN3O3S/c1-14-12-21(15(2)26(14)19-10-6-16(23)7-11-19)22(27)24-18-4-3-5-20(13-18)30(28,29)25-17-8-9-17/h3-7,10-13,17,25H,8-9H2,1-2H3,(H,24,27). The molecule has 1 saturated carbocycles. The van der Waals surface area contributed by atoms with Crippen molar-refractivity contribution in [2.45, 2.75) is 37.6 Å². The SMILES string of the molecule is Cc1cc(C(=O)Nc2cccc(S(=O)(=O)NC3CC3)c2)c(C)n1-c1ccc(Br)cc1. The summed E-state index contributed by atoms with van der Waals surface area (Å²) in [6.45, 7) is 3.84. The van der Waals surface area contributed by atoms with Crippen LogP contribution in [0.3, 0.4) is 0 Å². The summed E-state index contributed by atoms with van der Waals surface area (Å²) in [6.07, 6.45) is 1.73. The van der Waals surface area contributed by atoms with Crippen LogP contribution in [0.1, 0.15) is 34.6 Å². The first-order chi connectivity index (χ1) is 14.2. The third-order valence-electron chi connectivity index (χ3n) is 5.06. The van der Waals surface area contributed by atoms with Gasteiger partial charge >= 0.3 is 0 Å². The number of anilines is 1. The van der Waals surface area contributed by atoms with Crippen molar-refractivity contribution in [2.75, 3.05) is 5.32 Å². The zero-order valence-corrected chi connectivity index (χ0v) is 19.0. The van der Waals surface area contributed by atoms with E-state index in [4.69, 9.17) is 0 Å². The van der Waals surface area contributed by atoms with Crippen molar-refractivity contribution in [3.05, 3.63) is 76.0 Å². The number of sulfonamides is 1. The van der Waals surface area contributed by atoms with Gasteiger partial charge in [0.1, 0.15) is 0 Å². The molecular formula is C22H22BrN3O3S. The van der Waals surface area contributed by atoms with Gasteiger partial charge in [-0.1, -0.05) is 22.0 Å². The lowest BCUT2D eigenvalue weighted by atomic mass is 10.2. The maximum absolute atomic E-state index is 12.9. The minimum Gasteiger partial charge on any atom is -0.322 e. The van der Waals surface area contributed by atoms with Gasteiger partial charge in [-0.15, -0.1) is 0 Å². The average molecular weight is 488 g/mol. The fourth-order valence-electron chi connectivity index (χ4n) is 3.41. The molecule has 1 fully saturated rings. The van der Waals surface area contributed by atoms with Crippen molar-refractivity contribution in [3.63, 3.8) is 0 Å². The second-order valence-corrected chi connectivity index (χ2v) is 10.1. The highest BCUT2D eigenvalue weighted by molar-refractivity contribution is 9.10. The summed E-state index contributed by atoms with van der Waals surface area (Å²) >= 11 is 3.44. The molecule has 2 N–H and O–H groups in total. The summed E-state index contributed by atoms with van der Waals surface area (Å²) in [7, 11) is -3.58. The van der Waals surface area contributed by atoms with Gasteiger partial charge in [-0.2, -0.15) is 0 Å². The van der Waals surface area contributed by atoms with E-state index in [0.717, 1.165) is 34.4 Å². The van der Waals surface area contributed by atoms with Crippen LogP contribution in [-0.4, -0.2) is 24.9 Å². The first-order valence-corrected chi connectivity index (χ1v) is 11.9. The van der Waals surface area contributed by atoms with E-state index in [1.54, 1.807) is 12.1 Å². The maximum Gasteiger partial charge on any atom is 0.257 e. The van der Waals surface area contributed by atoms with E-state index in [9.17, 15) is 13.2 Å². The third-order valence-corrected chi connectivity index (χ3v) is 7.11. The molecule has 30 heavy (non-hydrogen) atoms. The Morgan fingerprint density at radius 3 is 2.43 bits per heavy atom. The number of aryl methyl sites for hydroxylation is 1. The number of carbonyl (C=O) groups is 1. The van der Waals surface area contributed by atoms with Crippen LogP contribution in [0, 0.1) is 13.8 Å². The van der Waals surface area contributed by atoms with Crippen LogP contribution in [-0.2, 0) is 10.0 Å². The summed E-state index contributed by atoms with van der Waals surface area (Å²) < 4.78 is 30.5. The summed E-state index contributed by atoms with van der Waals surface area (Å²) in [4.78, 5) is 13.1. The number of carbonyl (C=O) groups excluding carboxylic acids is 1. The molecule has 1 amide bonds. The molecule has 156 valence electrons. The fraction of sp³-hybridized carbons (Fsp3) is 0.227. The maximum atomic E-state index is 12.9. The lowest BCUT2D eigenvalue weighted by molar-refractivity contribution is 0.102. The molecule has 0 unspecified atom stereocenters. The van der Waals surface area contributed by atoms with Crippen LogP contribution in [0.2, 0.25) is 0 Å². The van der Waals surface area contributed by atoms with Crippen LogP contribution in [0.4, 0.5) is 5.69 Å². The van der Waals surface area contributed by atoms with E-state index in [0.29, 0.717) is 11.3 Å². The first kappa shape index (κ1) is 20.8. The van der Waals surface area contributed by atoms with Gasteiger partial charge in [-0.05, 0) is 75.2 Å². The summed E-state index contributed by atoms with van der Waals surface area (Å²) in [5.41, 5.74) is 3.69. The van der Waals surface area contributed by atoms with Crippen LogP contribution in [0.5, 0.6) is 0 Å². The van der Waals surface area contributed by atoms with Gasteiger partial charge in [0.15, 0.2) is 0 Å². The second kappa shape index (κ2) is 8.02. The van der Waals surface area contributed by atoms with Crippen molar-refractivity contribution >= 4 is 37.5 Å². The zero-order chi connectivity index (χ0) is 21.5. The molecule has 1 heterocycles. The molecule has 4 rings (SSSR count). The van der Waals surface area contributed by atoms with Gasteiger partial charge in [0.05, 0.1) is 10.5 Å². The zero-order valence-electron chi connectivity index (χ0n) is 16.6. The monoisotopic (exact) mass is 487 g/mol. The highest BCUT2D eigenvalue weighted by Crippen LogP contribution is 2.25. The van der Waals surface area contributed by atoms with Crippen LogP contribution < -0.4 is 10.0 Å². The molecule has 6 nitrogen and oxygen atoms in total. The normalized spacial score (nSPS) is 14.0. The predicted octanol–water partition coefficient (Wildman–Crippen LogP) is 4.55. The van der Waals surface area contributed by atoms with E-state index in [2.05, 4.69) is 26.0 Å². The Hall–Kier alpha value is -2.42. The number of amides is 1. The Bertz CT molecular complexity index is 1210. The Kier molecular flexibility index (Phi) is 5.57. The van der Waals surface area contributed by atoms with Crippen LogP contribution in [0.15, 0.2) is 64.0 Å². The van der Waals surface area contributed by atoms with E-state index >= 15 is 0 Å². The molecule has 1 aliphatic rings. The van der Waals surface area contributed by atoms with Gasteiger partial charge < -0.3 is 9.88 Å². The molecule has 0 radical (unpaired) electrons. The summed E-state index contributed by atoms with van der Waals surface area (Å²) in [5, 5.41) is 2.83. The number of halogens is 1. The topological polar surface area (TPSA) is 80.2 Å². The molecular weight excluding hydrogens is 466 g/mol. The number of nitrogens with one attached hydrogen (secondary N) is 2. The number of hydrogen-bond donors (Lipinski definition) is 2. The Morgan fingerprint density at radius 1 is 1.07 bits per heavy atom. The molecule has 0 atom stereocenters. The van der Waals surface area contributed by atoms with Crippen LogP contribution in [0.25, 0.3) is 5.69 Å². The number of rotatable bonds is 6. The summed E-state index contributed by atoms with van der Waals surface area (Å²) in [5.74, 6) is -0.281. The van der Waals surface area contributed by atoms with Gasteiger partial charge in [0.25, 0.3) is 5.91 Å². The second-order valence-electron chi connectivity index (χ2n) is 7.47. The quantitative estimate of drug-likeness (QED) is 0.535. The lowest BCUT2D eigenvalue weighted by Gasteiger charge is -2.11. The molecule has 1 aromatic heterocycles. The minimum atomic E-state index is -3.58. The number of benzene rings is 2.